The third kappa shape index (κ3) is 6.25. The first-order valence-electron chi connectivity index (χ1n) is 13.4. The maximum Gasteiger partial charge on any atom is 0.495 e. The summed E-state index contributed by atoms with van der Waals surface area (Å²) < 4.78 is 86.7. The molecule has 2 heterocycles. The average Bonchev–Trinajstić information content (AvgIpc) is 3.43. The van der Waals surface area contributed by atoms with Gasteiger partial charge in [0.05, 0.1) is 24.4 Å². The Labute approximate surface area is 240 Å². The molecule has 14 heteroatoms. The van der Waals surface area contributed by atoms with Crippen molar-refractivity contribution in [3.05, 3.63) is 58.2 Å². The molecule has 0 unspecified atom stereocenters. The number of hydrogen-bond donors (Lipinski definition) is 3. The molecule has 0 radical (unpaired) electrons. The molecule has 0 aliphatic carbocycles. The van der Waals surface area contributed by atoms with Gasteiger partial charge in [-0.25, -0.2) is 13.6 Å². The fourth-order valence-corrected chi connectivity index (χ4v) is 4.89. The van der Waals surface area contributed by atoms with Crippen molar-refractivity contribution >= 4 is 30.1 Å². The lowest BCUT2D eigenvalue weighted by molar-refractivity contribution is -0.143. The summed E-state index contributed by atoms with van der Waals surface area (Å²) in [4.78, 5) is 24.9. The normalized spacial score (nSPS) is 18.9. The Bertz CT molecular complexity index is 1340. The number of fused-ring (bicyclic) bond motifs is 1. The van der Waals surface area contributed by atoms with Crippen molar-refractivity contribution in [3.63, 3.8) is 0 Å². The van der Waals surface area contributed by atoms with Gasteiger partial charge in [0.1, 0.15) is 29.3 Å². The summed E-state index contributed by atoms with van der Waals surface area (Å²) in [5.74, 6) is -5.72. The molecule has 8 nitrogen and oxygen atoms in total. The van der Waals surface area contributed by atoms with Crippen LogP contribution in [-0.4, -0.2) is 53.6 Å². The van der Waals surface area contributed by atoms with Crippen LogP contribution in [0.1, 0.15) is 68.1 Å². The highest BCUT2D eigenvalue weighted by Gasteiger charge is 2.52. The number of rotatable bonds is 9. The Balaban J connectivity index is 1.54. The number of carboxylic acids is 1. The maximum atomic E-state index is 14.8. The minimum atomic E-state index is -4.67. The van der Waals surface area contributed by atoms with Gasteiger partial charge in [0.15, 0.2) is 0 Å². The van der Waals surface area contributed by atoms with E-state index < -0.39 is 77.8 Å². The van der Waals surface area contributed by atoms with Crippen LogP contribution in [0.4, 0.5) is 27.6 Å². The minimum absolute atomic E-state index is 0.173. The van der Waals surface area contributed by atoms with E-state index in [-0.39, 0.29) is 19.6 Å². The van der Waals surface area contributed by atoms with E-state index in [2.05, 4.69) is 5.32 Å². The number of hydrogen-bond acceptors (Lipinski definition) is 6. The molecule has 1 fully saturated rings. The second kappa shape index (κ2) is 11.5. The summed E-state index contributed by atoms with van der Waals surface area (Å²) in [6, 6.07) is 0.872. The number of amides is 1. The van der Waals surface area contributed by atoms with E-state index >= 15 is 0 Å². The lowest BCUT2D eigenvalue weighted by atomic mass is 9.74. The average molecular weight is 598 g/mol. The SMILES string of the molecule is CC[C@@H](Nc1cc(F)c(C(=O)N[C@@H](Cc2ccc(B3OC(C)(C)C(C)(C)O3)c3c2COC3)C(=O)O)c(F)c1)C(F)(F)F. The third-order valence-electron chi connectivity index (χ3n) is 8.01. The van der Waals surface area contributed by atoms with Crippen molar-refractivity contribution in [1.82, 2.24) is 5.32 Å². The number of carbonyl (C=O) groups excluding carboxylic acids is 1. The Morgan fingerprint density at radius 2 is 1.60 bits per heavy atom. The number of halogens is 5. The highest BCUT2D eigenvalue weighted by atomic mass is 19.4. The molecule has 42 heavy (non-hydrogen) atoms. The Kier molecular flexibility index (Phi) is 8.65. The van der Waals surface area contributed by atoms with Gasteiger partial charge in [-0.05, 0) is 68.4 Å². The molecule has 3 N–H and O–H groups in total. The summed E-state index contributed by atoms with van der Waals surface area (Å²) >= 11 is 0. The van der Waals surface area contributed by atoms with Crippen LogP contribution in [0, 0.1) is 11.6 Å². The van der Waals surface area contributed by atoms with E-state index in [0.29, 0.717) is 23.3 Å². The predicted molar refractivity (Wildman–Crippen MR) is 143 cm³/mol. The van der Waals surface area contributed by atoms with Crippen LogP contribution in [0.2, 0.25) is 0 Å². The van der Waals surface area contributed by atoms with Crippen LogP contribution in [0.25, 0.3) is 0 Å². The molecule has 2 aromatic carbocycles. The molecular formula is C28H32BF5N2O6. The molecule has 228 valence electrons. The quantitative estimate of drug-likeness (QED) is 0.289. The molecule has 2 aromatic rings. The van der Waals surface area contributed by atoms with Gasteiger partial charge in [0.2, 0.25) is 0 Å². The van der Waals surface area contributed by atoms with Crippen molar-refractivity contribution in [2.75, 3.05) is 5.32 Å². The second-order valence-electron chi connectivity index (χ2n) is 11.4. The largest absolute Gasteiger partial charge is 0.495 e. The number of ether oxygens (including phenoxy) is 1. The zero-order valence-corrected chi connectivity index (χ0v) is 23.7. The zero-order valence-electron chi connectivity index (χ0n) is 23.7. The van der Waals surface area contributed by atoms with Crippen molar-refractivity contribution in [1.29, 1.82) is 0 Å². The van der Waals surface area contributed by atoms with Crippen LogP contribution in [0.15, 0.2) is 24.3 Å². The number of nitrogens with one attached hydrogen (secondary N) is 2. The van der Waals surface area contributed by atoms with Gasteiger partial charge < -0.3 is 29.8 Å². The van der Waals surface area contributed by atoms with Gasteiger partial charge in [-0.15, -0.1) is 0 Å². The van der Waals surface area contributed by atoms with Gasteiger partial charge in [0, 0.05) is 12.1 Å². The molecule has 0 saturated carbocycles. The van der Waals surface area contributed by atoms with Crippen LogP contribution in [0.3, 0.4) is 0 Å². The summed E-state index contributed by atoms with van der Waals surface area (Å²) in [5.41, 5.74) is -0.0682. The van der Waals surface area contributed by atoms with E-state index in [1.165, 1.54) is 6.92 Å². The molecule has 2 atom stereocenters. The molecule has 0 aromatic heterocycles. The highest BCUT2D eigenvalue weighted by Crippen LogP contribution is 2.37. The first-order chi connectivity index (χ1) is 19.4. The van der Waals surface area contributed by atoms with E-state index in [1.54, 1.807) is 12.1 Å². The van der Waals surface area contributed by atoms with Crippen LogP contribution < -0.4 is 16.1 Å². The number of aliphatic carboxylic acids is 1. The monoisotopic (exact) mass is 598 g/mol. The van der Waals surface area contributed by atoms with Crippen molar-refractivity contribution in [2.24, 2.45) is 0 Å². The summed E-state index contributed by atoms with van der Waals surface area (Å²) in [6.07, 6.45) is -5.30. The lowest BCUT2D eigenvalue weighted by Crippen LogP contribution is -2.43. The minimum Gasteiger partial charge on any atom is -0.480 e. The Hall–Kier alpha value is -3.23. The van der Waals surface area contributed by atoms with Crippen LogP contribution in [-0.2, 0) is 38.5 Å². The highest BCUT2D eigenvalue weighted by molar-refractivity contribution is 6.62. The first kappa shape index (κ1) is 31.7. The van der Waals surface area contributed by atoms with Crippen molar-refractivity contribution in [2.45, 2.75) is 90.1 Å². The van der Waals surface area contributed by atoms with Crippen molar-refractivity contribution in [3.8, 4) is 0 Å². The Morgan fingerprint density at radius 1 is 1.02 bits per heavy atom. The molecule has 1 amide bonds. The molecule has 0 bridgehead atoms. The van der Waals surface area contributed by atoms with Gasteiger partial charge in [0.25, 0.3) is 5.91 Å². The standard InChI is InChI=1S/C28H32BF5N2O6/c1-6-22(28(32,33)34)35-15-10-19(30)23(20(31)11-15)24(37)36-21(25(38)39)9-14-7-8-18(17-13-40-12-16(14)17)29-41-26(2,3)27(4,5)42-29/h7-8,10-11,21-22,35H,6,9,12-13H2,1-5H3,(H,36,37)(H,38,39)/t21-,22+/m0/s1. The molecular weight excluding hydrogens is 566 g/mol. The zero-order chi connectivity index (χ0) is 31.2. The third-order valence-corrected chi connectivity index (χ3v) is 8.01. The predicted octanol–water partition coefficient (Wildman–Crippen LogP) is 4.47. The van der Waals surface area contributed by atoms with E-state index in [9.17, 15) is 36.6 Å². The van der Waals surface area contributed by atoms with Crippen LogP contribution in [0.5, 0.6) is 0 Å². The summed E-state index contributed by atoms with van der Waals surface area (Å²) in [6.45, 7) is 9.31. The number of carboxylic acid groups (broad SMARTS) is 1. The number of anilines is 1. The maximum absolute atomic E-state index is 14.8. The van der Waals surface area contributed by atoms with Crippen LogP contribution >= 0.6 is 0 Å². The number of alkyl halides is 3. The van der Waals surface area contributed by atoms with E-state index in [1.807, 2.05) is 33.0 Å². The van der Waals surface area contributed by atoms with Gasteiger partial charge in [-0.3, -0.25) is 4.79 Å². The molecule has 0 spiro atoms. The first-order valence-corrected chi connectivity index (χ1v) is 13.4. The van der Waals surface area contributed by atoms with Gasteiger partial charge in [-0.1, -0.05) is 19.1 Å². The molecule has 1 saturated heterocycles. The number of benzene rings is 2. The van der Waals surface area contributed by atoms with Gasteiger partial charge >= 0.3 is 19.3 Å². The molecule has 2 aliphatic rings. The molecule has 4 rings (SSSR count). The fourth-order valence-electron chi connectivity index (χ4n) is 4.89. The fraction of sp³-hybridized carbons (Fsp3) is 0.500. The molecule has 2 aliphatic heterocycles. The van der Waals surface area contributed by atoms with E-state index in [0.717, 1.165) is 11.0 Å². The number of carbonyl (C=O) groups is 2. The topological polar surface area (TPSA) is 106 Å². The summed E-state index contributed by atoms with van der Waals surface area (Å²) in [7, 11) is -0.679. The van der Waals surface area contributed by atoms with Crippen molar-refractivity contribution < 1.29 is 50.7 Å². The second-order valence-corrected chi connectivity index (χ2v) is 11.4. The van der Waals surface area contributed by atoms with Gasteiger partial charge in [-0.2, -0.15) is 13.2 Å². The smallest absolute Gasteiger partial charge is 0.480 e. The Morgan fingerprint density at radius 3 is 2.12 bits per heavy atom. The van der Waals surface area contributed by atoms with E-state index in [4.69, 9.17) is 14.0 Å². The summed E-state index contributed by atoms with van der Waals surface area (Å²) in [5, 5.41) is 14.0. The lowest BCUT2D eigenvalue weighted by Gasteiger charge is -2.32.